The zero-order valence-electron chi connectivity index (χ0n) is 18.7. The van der Waals surface area contributed by atoms with Crippen LogP contribution in [0.2, 0.25) is 0 Å². The summed E-state index contributed by atoms with van der Waals surface area (Å²) in [5.74, 6) is 1.18. The number of para-hydroxylation sites is 1. The van der Waals surface area contributed by atoms with Gasteiger partial charge >= 0.3 is 0 Å². The monoisotopic (exact) mass is 478 g/mol. The quantitative estimate of drug-likeness (QED) is 0.340. The van der Waals surface area contributed by atoms with Gasteiger partial charge < -0.3 is 14.8 Å². The molecule has 3 aromatic carbocycles. The molecular formula is C25H23FN4O3S. The summed E-state index contributed by atoms with van der Waals surface area (Å²) in [6, 6.07) is 21.0. The topological polar surface area (TPSA) is 78.3 Å². The molecular weight excluding hydrogens is 455 g/mol. The Morgan fingerprint density at radius 1 is 1.03 bits per heavy atom. The van der Waals surface area contributed by atoms with Gasteiger partial charge in [-0.3, -0.25) is 9.36 Å². The number of ether oxygens (including phenoxy) is 2. The lowest BCUT2D eigenvalue weighted by atomic mass is 10.2. The SMILES string of the molecule is COc1ccc(OCc2nnc(SCC(=O)Nc3cccc(C)c3)n2-c2ccccc2F)cc1. The van der Waals surface area contributed by atoms with Crippen LogP contribution in [0.25, 0.3) is 5.69 Å². The van der Waals surface area contributed by atoms with E-state index in [1.807, 2.05) is 31.2 Å². The highest BCUT2D eigenvalue weighted by Gasteiger charge is 2.19. The second-order valence-corrected chi connectivity index (χ2v) is 8.30. The van der Waals surface area contributed by atoms with Gasteiger partial charge in [0.1, 0.15) is 23.9 Å². The molecule has 174 valence electrons. The van der Waals surface area contributed by atoms with Crippen LogP contribution in [0.1, 0.15) is 11.4 Å². The first-order valence-corrected chi connectivity index (χ1v) is 11.5. The van der Waals surface area contributed by atoms with Crippen LogP contribution in [0.3, 0.4) is 0 Å². The van der Waals surface area contributed by atoms with Crippen molar-refractivity contribution in [2.75, 3.05) is 18.2 Å². The molecule has 0 atom stereocenters. The van der Waals surface area contributed by atoms with Crippen LogP contribution in [0.15, 0.2) is 78.0 Å². The molecule has 1 aromatic heterocycles. The fourth-order valence-corrected chi connectivity index (χ4v) is 4.00. The summed E-state index contributed by atoms with van der Waals surface area (Å²) in [4.78, 5) is 12.5. The number of carbonyl (C=O) groups is 1. The summed E-state index contributed by atoms with van der Waals surface area (Å²) in [6.45, 7) is 2.01. The Morgan fingerprint density at radius 3 is 2.53 bits per heavy atom. The van der Waals surface area contributed by atoms with E-state index in [9.17, 15) is 9.18 Å². The van der Waals surface area contributed by atoms with Crippen LogP contribution >= 0.6 is 11.8 Å². The number of hydrogen-bond donors (Lipinski definition) is 1. The number of aromatic nitrogens is 3. The number of nitrogens with zero attached hydrogens (tertiary/aromatic N) is 3. The Morgan fingerprint density at radius 2 is 1.79 bits per heavy atom. The molecule has 0 bridgehead atoms. The molecule has 34 heavy (non-hydrogen) atoms. The molecule has 0 saturated heterocycles. The lowest BCUT2D eigenvalue weighted by molar-refractivity contribution is -0.113. The van der Waals surface area contributed by atoms with Crippen molar-refractivity contribution in [1.82, 2.24) is 14.8 Å². The van der Waals surface area contributed by atoms with Crippen LogP contribution in [0, 0.1) is 12.7 Å². The highest BCUT2D eigenvalue weighted by Crippen LogP contribution is 2.25. The molecule has 0 radical (unpaired) electrons. The van der Waals surface area contributed by atoms with Gasteiger partial charge in [0, 0.05) is 5.69 Å². The van der Waals surface area contributed by atoms with Crippen LogP contribution in [-0.4, -0.2) is 33.5 Å². The van der Waals surface area contributed by atoms with Crippen LogP contribution < -0.4 is 14.8 Å². The molecule has 1 heterocycles. The van der Waals surface area contributed by atoms with Gasteiger partial charge in [0.05, 0.1) is 18.6 Å². The number of aryl methyl sites for hydroxylation is 1. The van der Waals surface area contributed by atoms with Crippen LogP contribution in [0.4, 0.5) is 10.1 Å². The first-order chi connectivity index (χ1) is 16.5. The molecule has 0 spiro atoms. The maximum Gasteiger partial charge on any atom is 0.234 e. The van der Waals surface area contributed by atoms with Gasteiger partial charge in [-0.25, -0.2) is 4.39 Å². The third-order valence-electron chi connectivity index (χ3n) is 4.86. The Balaban J connectivity index is 1.51. The summed E-state index contributed by atoms with van der Waals surface area (Å²) >= 11 is 1.17. The number of rotatable bonds is 9. The molecule has 0 unspecified atom stereocenters. The van der Waals surface area contributed by atoms with E-state index < -0.39 is 5.82 Å². The zero-order chi connectivity index (χ0) is 23.9. The highest BCUT2D eigenvalue weighted by molar-refractivity contribution is 7.99. The minimum atomic E-state index is -0.431. The third-order valence-corrected chi connectivity index (χ3v) is 5.78. The predicted molar refractivity (Wildman–Crippen MR) is 129 cm³/mol. The van der Waals surface area contributed by atoms with Gasteiger partial charge in [0.25, 0.3) is 0 Å². The number of anilines is 1. The maximum absolute atomic E-state index is 14.7. The van der Waals surface area contributed by atoms with Gasteiger partial charge in [0.15, 0.2) is 11.0 Å². The van der Waals surface area contributed by atoms with Crippen LogP contribution in [0.5, 0.6) is 11.5 Å². The molecule has 0 aliphatic heterocycles. The minimum absolute atomic E-state index is 0.0592. The lowest BCUT2D eigenvalue weighted by Gasteiger charge is -2.12. The number of nitrogens with one attached hydrogen (secondary N) is 1. The normalized spacial score (nSPS) is 10.7. The molecule has 0 aliphatic carbocycles. The van der Waals surface area contributed by atoms with Crippen molar-refractivity contribution < 1.29 is 18.7 Å². The van der Waals surface area contributed by atoms with Crippen molar-refractivity contribution in [3.63, 3.8) is 0 Å². The number of hydrogen-bond acceptors (Lipinski definition) is 6. The van der Waals surface area contributed by atoms with Crippen LogP contribution in [-0.2, 0) is 11.4 Å². The van der Waals surface area contributed by atoms with Crippen molar-refractivity contribution in [3.8, 4) is 17.2 Å². The van der Waals surface area contributed by atoms with E-state index >= 15 is 0 Å². The second kappa shape index (κ2) is 10.8. The third kappa shape index (κ3) is 5.74. The maximum atomic E-state index is 14.7. The van der Waals surface area contributed by atoms with Crippen molar-refractivity contribution in [2.24, 2.45) is 0 Å². The van der Waals surface area contributed by atoms with Gasteiger partial charge in [-0.1, -0.05) is 36.0 Å². The number of benzene rings is 3. The molecule has 0 saturated carbocycles. The molecule has 4 rings (SSSR count). The van der Waals surface area contributed by atoms with Gasteiger partial charge in [0.2, 0.25) is 5.91 Å². The summed E-state index contributed by atoms with van der Waals surface area (Å²) < 4.78 is 27.2. The Bertz CT molecular complexity index is 1280. The predicted octanol–water partition coefficient (Wildman–Crippen LogP) is 5.03. The number of amides is 1. The average Bonchev–Trinajstić information content (AvgIpc) is 3.24. The van der Waals surface area contributed by atoms with E-state index in [1.165, 1.54) is 17.8 Å². The number of carbonyl (C=O) groups excluding carboxylic acids is 1. The standard InChI is InChI=1S/C25H23FN4O3S/c1-17-6-5-7-18(14-17)27-24(31)16-34-25-29-28-23(30(25)22-9-4-3-8-21(22)26)15-33-20-12-10-19(32-2)11-13-20/h3-14H,15-16H2,1-2H3,(H,27,31). The van der Waals surface area contributed by atoms with Crippen molar-refractivity contribution in [1.29, 1.82) is 0 Å². The molecule has 7 nitrogen and oxygen atoms in total. The number of halogens is 1. The second-order valence-electron chi connectivity index (χ2n) is 7.36. The molecule has 4 aromatic rings. The molecule has 0 fully saturated rings. The summed E-state index contributed by atoms with van der Waals surface area (Å²) in [7, 11) is 1.59. The van der Waals surface area contributed by atoms with E-state index in [-0.39, 0.29) is 24.0 Å². The van der Waals surface area contributed by atoms with E-state index in [4.69, 9.17) is 9.47 Å². The fraction of sp³-hybridized carbons (Fsp3) is 0.160. The Hall–Kier alpha value is -3.85. The van der Waals surface area contributed by atoms with Gasteiger partial charge in [-0.05, 0) is 61.0 Å². The molecule has 1 amide bonds. The van der Waals surface area contributed by atoms with Crippen molar-refractivity contribution in [3.05, 3.63) is 90.0 Å². The van der Waals surface area contributed by atoms with Crippen molar-refractivity contribution >= 4 is 23.4 Å². The first kappa shape index (κ1) is 23.3. The molecule has 9 heteroatoms. The van der Waals surface area contributed by atoms with Gasteiger partial charge in [-0.15, -0.1) is 10.2 Å². The molecule has 1 N–H and O–H groups in total. The van der Waals surface area contributed by atoms with E-state index in [0.29, 0.717) is 22.5 Å². The largest absolute Gasteiger partial charge is 0.497 e. The zero-order valence-corrected chi connectivity index (χ0v) is 19.5. The smallest absolute Gasteiger partial charge is 0.234 e. The Labute approximate surface area is 200 Å². The number of methoxy groups -OCH3 is 1. The van der Waals surface area contributed by atoms with E-state index in [1.54, 1.807) is 54.1 Å². The summed E-state index contributed by atoms with van der Waals surface area (Å²) in [5.41, 5.74) is 2.04. The van der Waals surface area contributed by atoms with E-state index in [2.05, 4.69) is 15.5 Å². The van der Waals surface area contributed by atoms with E-state index in [0.717, 1.165) is 11.3 Å². The average molecular weight is 479 g/mol. The Kier molecular flexibility index (Phi) is 7.44. The van der Waals surface area contributed by atoms with Crippen molar-refractivity contribution in [2.45, 2.75) is 18.7 Å². The minimum Gasteiger partial charge on any atom is -0.497 e. The summed E-state index contributed by atoms with van der Waals surface area (Å²) in [5, 5.41) is 11.6. The lowest BCUT2D eigenvalue weighted by Crippen LogP contribution is -2.15. The number of thioether (sulfide) groups is 1. The summed E-state index contributed by atoms with van der Waals surface area (Å²) in [6.07, 6.45) is 0. The van der Waals surface area contributed by atoms with Gasteiger partial charge in [-0.2, -0.15) is 0 Å². The fourth-order valence-electron chi connectivity index (χ4n) is 3.23. The molecule has 0 aliphatic rings. The highest BCUT2D eigenvalue weighted by atomic mass is 32.2. The first-order valence-electron chi connectivity index (χ1n) is 10.5.